The lowest BCUT2D eigenvalue weighted by Gasteiger charge is -2.13. The molecule has 2 heterocycles. The van der Waals surface area contributed by atoms with E-state index in [1.54, 1.807) is 0 Å². The highest BCUT2D eigenvalue weighted by molar-refractivity contribution is 5.48. The van der Waals surface area contributed by atoms with Crippen LogP contribution in [0.25, 0.3) is 0 Å². The third-order valence-electron chi connectivity index (χ3n) is 1.92. The molecule has 1 aliphatic rings. The van der Waals surface area contributed by atoms with Crippen molar-refractivity contribution in [1.82, 2.24) is 10.6 Å². The number of aromatic nitrogens is 1. The first kappa shape index (κ1) is 11.5. The van der Waals surface area contributed by atoms with Gasteiger partial charge in [-0.05, 0) is 6.07 Å². The Balaban J connectivity index is 2.35. The van der Waals surface area contributed by atoms with E-state index < -0.39 is 23.3 Å². The van der Waals surface area contributed by atoms with Crippen LogP contribution in [0.1, 0.15) is 0 Å². The number of allylic oxidation sites excluding steroid dienone is 1. The van der Waals surface area contributed by atoms with Gasteiger partial charge in [0.05, 0.1) is 6.20 Å². The molecule has 2 N–H and O–H groups in total. The minimum atomic E-state index is -4.70. The molecule has 0 radical (unpaired) electrons. The molecule has 0 unspecified atom stereocenters. The fourth-order valence-electron chi connectivity index (χ4n) is 1.15. The zero-order valence-corrected chi connectivity index (χ0v) is 8.01. The summed E-state index contributed by atoms with van der Waals surface area (Å²) >= 11 is 0. The van der Waals surface area contributed by atoms with Gasteiger partial charge in [-0.2, -0.15) is 17.6 Å². The summed E-state index contributed by atoms with van der Waals surface area (Å²) in [7, 11) is 0. The van der Waals surface area contributed by atoms with Crippen molar-refractivity contribution in [2.75, 3.05) is 5.01 Å². The SMILES string of the molecule is O=c1[nH]ccc(N2C=C(C(F)(F)F)ON2)c1F. The van der Waals surface area contributed by atoms with Gasteiger partial charge >= 0.3 is 6.18 Å². The largest absolute Gasteiger partial charge is 0.453 e. The van der Waals surface area contributed by atoms with E-state index in [-0.39, 0.29) is 5.69 Å². The maximum absolute atomic E-state index is 13.3. The summed E-state index contributed by atoms with van der Waals surface area (Å²) in [6, 6.07) is 1.09. The number of hydrazine groups is 1. The van der Waals surface area contributed by atoms with Crippen LogP contribution in [0.4, 0.5) is 23.2 Å². The highest BCUT2D eigenvalue weighted by Gasteiger charge is 2.40. The molecule has 0 spiro atoms. The molecule has 0 atom stereocenters. The van der Waals surface area contributed by atoms with Crippen LogP contribution in [0, 0.1) is 5.82 Å². The van der Waals surface area contributed by atoms with Gasteiger partial charge in [0, 0.05) is 6.20 Å². The van der Waals surface area contributed by atoms with Crippen molar-refractivity contribution in [3.63, 3.8) is 0 Å². The number of nitrogens with zero attached hydrogens (tertiary/aromatic N) is 1. The highest BCUT2D eigenvalue weighted by atomic mass is 19.4. The van der Waals surface area contributed by atoms with Crippen molar-refractivity contribution in [3.8, 4) is 0 Å². The topological polar surface area (TPSA) is 57.4 Å². The lowest BCUT2D eigenvalue weighted by molar-refractivity contribution is -0.136. The Morgan fingerprint density at radius 3 is 2.65 bits per heavy atom. The van der Waals surface area contributed by atoms with Crippen molar-refractivity contribution in [1.29, 1.82) is 0 Å². The Bertz CT molecular complexity index is 522. The summed E-state index contributed by atoms with van der Waals surface area (Å²) in [5, 5.41) is 0.618. The van der Waals surface area contributed by atoms with Crippen molar-refractivity contribution in [3.05, 3.63) is 40.4 Å². The van der Waals surface area contributed by atoms with Crippen molar-refractivity contribution in [2.45, 2.75) is 6.18 Å². The van der Waals surface area contributed by atoms with E-state index in [9.17, 15) is 22.4 Å². The molecule has 0 fully saturated rings. The number of pyridine rings is 1. The minimum absolute atomic E-state index is 0.381. The molecule has 92 valence electrons. The summed E-state index contributed by atoms with van der Waals surface area (Å²) in [5.74, 6) is -2.56. The average molecular weight is 251 g/mol. The summed E-state index contributed by atoms with van der Waals surface area (Å²) in [5.41, 5.74) is 0.401. The average Bonchev–Trinajstić information content (AvgIpc) is 2.70. The molecule has 0 saturated heterocycles. The van der Waals surface area contributed by atoms with E-state index in [4.69, 9.17) is 0 Å². The molecule has 0 aliphatic carbocycles. The lowest BCUT2D eigenvalue weighted by atomic mass is 10.4. The van der Waals surface area contributed by atoms with Gasteiger partial charge in [-0.25, -0.2) is 5.01 Å². The number of nitrogens with one attached hydrogen (secondary N) is 2. The zero-order valence-electron chi connectivity index (χ0n) is 8.01. The quantitative estimate of drug-likeness (QED) is 0.736. The van der Waals surface area contributed by atoms with E-state index in [2.05, 4.69) is 4.84 Å². The molecule has 1 aliphatic heterocycles. The number of hydrogen-bond donors (Lipinski definition) is 2. The van der Waals surface area contributed by atoms with Crippen molar-refractivity contribution < 1.29 is 22.4 Å². The first-order chi connectivity index (χ1) is 7.89. The third-order valence-corrected chi connectivity index (χ3v) is 1.92. The van der Waals surface area contributed by atoms with Crippen molar-refractivity contribution in [2.24, 2.45) is 0 Å². The fourth-order valence-corrected chi connectivity index (χ4v) is 1.15. The molecular formula is C8H5F4N3O2. The maximum Gasteiger partial charge on any atom is 0.453 e. The number of alkyl halides is 3. The van der Waals surface area contributed by atoms with Crippen LogP contribution in [-0.2, 0) is 4.84 Å². The highest BCUT2D eigenvalue weighted by Crippen LogP contribution is 2.30. The maximum atomic E-state index is 13.3. The van der Waals surface area contributed by atoms with Crippen LogP contribution in [0.15, 0.2) is 29.0 Å². The normalized spacial score (nSPS) is 15.8. The standard InChI is InChI=1S/C8H5F4N3O2/c9-6-4(1-2-13-7(6)16)15-3-5(17-14-15)8(10,11)12/h1-3,14H,(H,13,16). The molecule has 17 heavy (non-hydrogen) atoms. The smallest absolute Gasteiger partial charge is 0.382 e. The fraction of sp³-hybridized carbons (Fsp3) is 0.125. The van der Waals surface area contributed by atoms with Crippen molar-refractivity contribution >= 4 is 5.69 Å². The molecule has 5 nitrogen and oxygen atoms in total. The van der Waals surface area contributed by atoms with Crippen LogP contribution in [0.2, 0.25) is 0 Å². The second kappa shape index (κ2) is 3.77. The summed E-state index contributed by atoms with van der Waals surface area (Å²) < 4.78 is 49.9. The summed E-state index contributed by atoms with van der Waals surface area (Å²) in [4.78, 5) is 17.1. The van der Waals surface area contributed by atoms with Crippen LogP contribution in [0.5, 0.6) is 0 Å². The predicted octanol–water partition coefficient (Wildman–Crippen LogP) is 1.17. The molecule has 9 heteroatoms. The predicted molar refractivity (Wildman–Crippen MR) is 47.9 cm³/mol. The molecule has 2 rings (SSSR count). The van der Waals surface area contributed by atoms with Gasteiger partial charge in [0.25, 0.3) is 5.56 Å². The molecule has 0 amide bonds. The monoisotopic (exact) mass is 251 g/mol. The molecule has 0 aromatic carbocycles. The molecule has 1 aromatic heterocycles. The van der Waals surface area contributed by atoms with Gasteiger partial charge in [0.1, 0.15) is 5.69 Å². The number of hydrogen-bond acceptors (Lipinski definition) is 4. The first-order valence-corrected chi connectivity index (χ1v) is 4.27. The Hall–Kier alpha value is -2.03. The first-order valence-electron chi connectivity index (χ1n) is 4.27. The lowest BCUT2D eigenvalue weighted by Crippen LogP contribution is -2.30. The van der Waals surface area contributed by atoms with Gasteiger partial charge in [0.2, 0.25) is 11.6 Å². The van der Waals surface area contributed by atoms with E-state index in [1.807, 2.05) is 10.6 Å². The third kappa shape index (κ3) is 2.09. The number of anilines is 1. The number of halogens is 4. The van der Waals surface area contributed by atoms with Crippen LogP contribution in [-0.4, -0.2) is 11.2 Å². The van der Waals surface area contributed by atoms with E-state index in [0.29, 0.717) is 11.2 Å². The van der Waals surface area contributed by atoms with Crippen LogP contribution >= 0.6 is 0 Å². The molecule has 1 aromatic rings. The Morgan fingerprint density at radius 1 is 1.35 bits per heavy atom. The Labute approximate surface area is 91.2 Å². The minimum Gasteiger partial charge on any atom is -0.382 e. The molecular weight excluding hydrogens is 246 g/mol. The Kier molecular flexibility index (Phi) is 2.54. The van der Waals surface area contributed by atoms with Gasteiger partial charge < -0.3 is 9.82 Å². The molecule has 0 bridgehead atoms. The van der Waals surface area contributed by atoms with E-state index in [0.717, 1.165) is 12.3 Å². The van der Waals surface area contributed by atoms with Crippen LogP contribution < -0.4 is 16.2 Å². The van der Waals surface area contributed by atoms with Gasteiger partial charge in [-0.15, -0.1) is 0 Å². The second-order valence-corrected chi connectivity index (χ2v) is 3.06. The Morgan fingerprint density at radius 2 is 2.06 bits per heavy atom. The number of H-pyrrole nitrogens is 1. The molecule has 0 saturated carbocycles. The number of aromatic amines is 1. The zero-order chi connectivity index (χ0) is 12.6. The van der Waals surface area contributed by atoms with Crippen LogP contribution in [0.3, 0.4) is 0 Å². The summed E-state index contributed by atoms with van der Waals surface area (Å²) in [6.07, 6.45) is -3.10. The second-order valence-electron chi connectivity index (χ2n) is 3.06. The number of rotatable bonds is 1. The van der Waals surface area contributed by atoms with Gasteiger partial charge in [-0.3, -0.25) is 4.79 Å². The summed E-state index contributed by atoms with van der Waals surface area (Å²) in [6.45, 7) is 0. The van der Waals surface area contributed by atoms with Gasteiger partial charge in [0.15, 0.2) is 0 Å². The van der Waals surface area contributed by atoms with Gasteiger partial charge in [-0.1, -0.05) is 5.59 Å². The van der Waals surface area contributed by atoms with E-state index >= 15 is 0 Å². The van der Waals surface area contributed by atoms with E-state index in [1.165, 1.54) is 0 Å².